The highest BCUT2D eigenvalue weighted by molar-refractivity contribution is 7.99. The highest BCUT2D eigenvalue weighted by Crippen LogP contribution is 2.10. The monoisotopic (exact) mass is 267 g/mol. The Hall–Kier alpha value is -1.16. The van der Waals surface area contributed by atoms with Crippen molar-refractivity contribution in [1.82, 2.24) is 4.90 Å². The number of carbonyl (C=O) groups excluding carboxylic acids is 1. The SMILES string of the molecule is CCC(C)N(CC)C(=O)S(=O)Cc1ccccc1. The molecule has 1 amide bonds. The van der Waals surface area contributed by atoms with Crippen molar-refractivity contribution in [3.05, 3.63) is 35.9 Å². The lowest BCUT2D eigenvalue weighted by molar-refractivity contribution is 0.205. The number of hydrogen-bond donors (Lipinski definition) is 0. The maximum Gasteiger partial charge on any atom is 0.312 e. The highest BCUT2D eigenvalue weighted by Gasteiger charge is 2.22. The summed E-state index contributed by atoms with van der Waals surface area (Å²) in [4.78, 5) is 13.8. The van der Waals surface area contributed by atoms with Crippen molar-refractivity contribution in [3.63, 3.8) is 0 Å². The first-order valence-electron chi connectivity index (χ1n) is 6.33. The van der Waals surface area contributed by atoms with Gasteiger partial charge in [-0.15, -0.1) is 0 Å². The first kappa shape index (κ1) is 14.9. The largest absolute Gasteiger partial charge is 0.329 e. The highest BCUT2D eigenvalue weighted by atomic mass is 32.2. The van der Waals surface area contributed by atoms with Gasteiger partial charge in [-0.2, -0.15) is 0 Å². The zero-order valence-electron chi connectivity index (χ0n) is 11.3. The van der Waals surface area contributed by atoms with Crippen LogP contribution in [0.25, 0.3) is 0 Å². The molecule has 18 heavy (non-hydrogen) atoms. The third kappa shape index (κ3) is 3.95. The molecule has 100 valence electrons. The summed E-state index contributed by atoms with van der Waals surface area (Å²) in [5.41, 5.74) is 0.935. The molecule has 0 aliphatic rings. The molecule has 0 aliphatic heterocycles. The van der Waals surface area contributed by atoms with Gasteiger partial charge < -0.3 is 4.90 Å². The Kier molecular flexibility index (Phi) is 6.05. The predicted octanol–water partition coefficient (Wildman–Crippen LogP) is 3.18. The minimum atomic E-state index is -1.48. The van der Waals surface area contributed by atoms with Gasteiger partial charge in [0.25, 0.3) is 0 Å². The first-order valence-corrected chi connectivity index (χ1v) is 7.64. The minimum Gasteiger partial charge on any atom is -0.329 e. The third-order valence-corrected chi connectivity index (χ3v) is 4.25. The summed E-state index contributed by atoms with van der Waals surface area (Å²) in [5, 5.41) is -0.254. The molecule has 0 bridgehead atoms. The zero-order chi connectivity index (χ0) is 13.5. The molecule has 4 heteroatoms. The maximum atomic E-state index is 12.1. The summed E-state index contributed by atoms with van der Waals surface area (Å²) >= 11 is 0. The van der Waals surface area contributed by atoms with Crippen LogP contribution in [0, 0.1) is 0 Å². The zero-order valence-corrected chi connectivity index (χ0v) is 12.1. The Morgan fingerprint density at radius 2 is 1.89 bits per heavy atom. The van der Waals surface area contributed by atoms with Crippen LogP contribution in [0.3, 0.4) is 0 Å². The molecule has 1 rings (SSSR count). The molecule has 0 saturated carbocycles. The van der Waals surface area contributed by atoms with Gasteiger partial charge in [0, 0.05) is 12.6 Å². The normalized spacial score (nSPS) is 13.9. The molecule has 1 aromatic rings. The lowest BCUT2D eigenvalue weighted by Crippen LogP contribution is -2.39. The van der Waals surface area contributed by atoms with E-state index >= 15 is 0 Å². The number of nitrogens with zero attached hydrogens (tertiary/aromatic N) is 1. The van der Waals surface area contributed by atoms with Crippen molar-refractivity contribution in [1.29, 1.82) is 0 Å². The minimum absolute atomic E-state index is 0.141. The van der Waals surface area contributed by atoms with Gasteiger partial charge in [-0.25, -0.2) is 4.21 Å². The molecule has 0 fully saturated rings. The predicted molar refractivity (Wildman–Crippen MR) is 75.8 cm³/mol. The number of benzene rings is 1. The van der Waals surface area contributed by atoms with Crippen molar-refractivity contribution in [2.45, 2.75) is 39.0 Å². The van der Waals surface area contributed by atoms with E-state index in [0.29, 0.717) is 12.3 Å². The van der Waals surface area contributed by atoms with Crippen LogP contribution in [-0.2, 0) is 16.6 Å². The van der Waals surface area contributed by atoms with Gasteiger partial charge >= 0.3 is 5.24 Å². The molecule has 2 atom stereocenters. The van der Waals surface area contributed by atoms with E-state index in [-0.39, 0.29) is 11.3 Å². The van der Waals surface area contributed by atoms with E-state index in [4.69, 9.17) is 0 Å². The third-order valence-electron chi connectivity index (χ3n) is 3.03. The number of hydrogen-bond acceptors (Lipinski definition) is 2. The van der Waals surface area contributed by atoms with Crippen molar-refractivity contribution in [2.24, 2.45) is 0 Å². The summed E-state index contributed by atoms with van der Waals surface area (Å²) < 4.78 is 12.1. The number of amides is 1. The average molecular weight is 267 g/mol. The molecule has 0 heterocycles. The Bertz CT molecular complexity index is 406. The Morgan fingerprint density at radius 3 is 2.39 bits per heavy atom. The van der Waals surface area contributed by atoms with Crippen LogP contribution >= 0.6 is 0 Å². The lowest BCUT2D eigenvalue weighted by atomic mass is 10.2. The molecular formula is C14H21NO2S. The fourth-order valence-corrected chi connectivity index (χ4v) is 2.95. The average Bonchev–Trinajstić information content (AvgIpc) is 2.40. The number of rotatable bonds is 5. The van der Waals surface area contributed by atoms with E-state index in [2.05, 4.69) is 0 Å². The van der Waals surface area contributed by atoms with E-state index in [1.54, 1.807) is 4.90 Å². The Labute approximate surface area is 112 Å². The Balaban J connectivity index is 2.69. The van der Waals surface area contributed by atoms with Crippen molar-refractivity contribution in [3.8, 4) is 0 Å². The van der Waals surface area contributed by atoms with Crippen molar-refractivity contribution in [2.75, 3.05) is 6.54 Å². The van der Waals surface area contributed by atoms with E-state index in [1.165, 1.54) is 0 Å². The van der Waals surface area contributed by atoms with Crippen LogP contribution < -0.4 is 0 Å². The van der Waals surface area contributed by atoms with Crippen LogP contribution in [0.15, 0.2) is 30.3 Å². The molecular weight excluding hydrogens is 246 g/mol. The second-order valence-electron chi connectivity index (χ2n) is 4.28. The molecule has 2 unspecified atom stereocenters. The van der Waals surface area contributed by atoms with Gasteiger partial charge in [-0.3, -0.25) is 4.79 Å². The van der Waals surface area contributed by atoms with E-state index in [9.17, 15) is 9.00 Å². The van der Waals surface area contributed by atoms with Crippen LogP contribution in [0.5, 0.6) is 0 Å². The van der Waals surface area contributed by atoms with Crippen LogP contribution in [-0.4, -0.2) is 26.9 Å². The molecule has 0 spiro atoms. The van der Waals surface area contributed by atoms with Crippen molar-refractivity contribution < 1.29 is 9.00 Å². The van der Waals surface area contributed by atoms with Crippen LogP contribution in [0.1, 0.15) is 32.8 Å². The van der Waals surface area contributed by atoms with E-state index in [1.807, 2.05) is 51.1 Å². The van der Waals surface area contributed by atoms with Gasteiger partial charge in [-0.05, 0) is 25.8 Å². The molecule has 0 radical (unpaired) electrons. The van der Waals surface area contributed by atoms with E-state index in [0.717, 1.165) is 12.0 Å². The quantitative estimate of drug-likeness (QED) is 0.821. The molecule has 1 aromatic carbocycles. The molecule has 3 nitrogen and oxygen atoms in total. The summed E-state index contributed by atoms with van der Waals surface area (Å²) in [5.74, 6) is 0.298. The smallest absolute Gasteiger partial charge is 0.312 e. The lowest BCUT2D eigenvalue weighted by Gasteiger charge is -2.26. The summed E-state index contributed by atoms with van der Waals surface area (Å²) in [6, 6.07) is 9.62. The Morgan fingerprint density at radius 1 is 1.28 bits per heavy atom. The second-order valence-corrected chi connectivity index (χ2v) is 5.61. The van der Waals surface area contributed by atoms with Gasteiger partial charge in [0.1, 0.15) is 10.8 Å². The fourth-order valence-electron chi connectivity index (χ4n) is 1.76. The number of carbonyl (C=O) groups is 1. The van der Waals surface area contributed by atoms with Crippen LogP contribution in [0.2, 0.25) is 0 Å². The van der Waals surface area contributed by atoms with Gasteiger partial charge in [-0.1, -0.05) is 37.3 Å². The van der Waals surface area contributed by atoms with Crippen LogP contribution in [0.4, 0.5) is 4.79 Å². The maximum absolute atomic E-state index is 12.1. The van der Waals surface area contributed by atoms with Gasteiger partial charge in [0.05, 0.1) is 5.75 Å². The standard InChI is InChI=1S/C14H21NO2S/c1-4-12(3)15(5-2)14(16)18(17)11-13-9-7-6-8-10-13/h6-10,12H,4-5,11H2,1-3H3. The van der Waals surface area contributed by atoms with E-state index < -0.39 is 10.8 Å². The fraction of sp³-hybridized carbons (Fsp3) is 0.500. The van der Waals surface area contributed by atoms with Gasteiger partial charge in [0.2, 0.25) is 0 Å². The molecule has 0 saturated heterocycles. The second kappa shape index (κ2) is 7.31. The summed E-state index contributed by atoms with van der Waals surface area (Å²) in [6.07, 6.45) is 0.877. The first-order chi connectivity index (χ1) is 8.60. The molecule has 0 N–H and O–H groups in total. The molecule has 0 aromatic heterocycles. The van der Waals surface area contributed by atoms with Gasteiger partial charge in [0.15, 0.2) is 0 Å². The topological polar surface area (TPSA) is 37.4 Å². The summed E-state index contributed by atoms with van der Waals surface area (Å²) in [7, 11) is -1.48. The van der Waals surface area contributed by atoms with Crippen molar-refractivity contribution >= 4 is 16.0 Å². The summed E-state index contributed by atoms with van der Waals surface area (Å²) in [6.45, 7) is 6.54. The molecule has 0 aliphatic carbocycles.